The highest BCUT2D eigenvalue weighted by molar-refractivity contribution is 5.95. The number of hydrogen-bond donors (Lipinski definition) is 3. The summed E-state index contributed by atoms with van der Waals surface area (Å²) in [6.07, 6.45) is -0.288. The number of halogens is 1. The van der Waals surface area contributed by atoms with E-state index in [1.807, 2.05) is 0 Å². The molecule has 0 radical (unpaired) electrons. The maximum Gasteiger partial charge on any atom is 0.253 e. The zero-order chi connectivity index (χ0) is 15.1. The van der Waals surface area contributed by atoms with Crippen LogP contribution in [0.3, 0.4) is 0 Å². The van der Waals surface area contributed by atoms with Gasteiger partial charge in [-0.3, -0.25) is 9.59 Å². The minimum atomic E-state index is -0.536. The maximum atomic E-state index is 11.7. The molecule has 4 N–H and O–H groups in total. The molecule has 2 unspecified atom stereocenters. The van der Waals surface area contributed by atoms with Crippen LogP contribution in [0.25, 0.3) is 0 Å². The fourth-order valence-corrected chi connectivity index (χ4v) is 1.53. The van der Waals surface area contributed by atoms with E-state index in [4.69, 9.17) is 10.5 Å². The summed E-state index contributed by atoms with van der Waals surface area (Å²) in [4.78, 5) is 23.3. The second-order valence-corrected chi connectivity index (χ2v) is 4.68. The lowest BCUT2D eigenvalue weighted by Gasteiger charge is -2.12. The molecule has 0 saturated carbocycles. The Morgan fingerprint density at radius 1 is 1.24 bits per heavy atom. The van der Waals surface area contributed by atoms with Crippen molar-refractivity contribution in [3.63, 3.8) is 0 Å². The van der Waals surface area contributed by atoms with E-state index in [9.17, 15) is 9.59 Å². The molecular weight excluding hydrogens is 294 g/mol. The molecule has 1 aromatic rings. The molecule has 1 aromatic carbocycles. The Labute approximate surface area is 130 Å². The van der Waals surface area contributed by atoms with Crippen LogP contribution >= 0.6 is 12.4 Å². The Morgan fingerprint density at radius 3 is 2.33 bits per heavy atom. The van der Waals surface area contributed by atoms with Crippen LogP contribution < -0.4 is 16.4 Å². The summed E-state index contributed by atoms with van der Waals surface area (Å²) >= 11 is 0. The molecule has 0 spiro atoms. The van der Waals surface area contributed by atoms with Gasteiger partial charge < -0.3 is 21.1 Å². The molecule has 118 valence electrons. The number of hydrogen-bond acceptors (Lipinski definition) is 4. The number of carbonyl (C=O) groups is 2. The smallest absolute Gasteiger partial charge is 0.253 e. The summed E-state index contributed by atoms with van der Waals surface area (Å²) < 4.78 is 4.93. The molecule has 6 nitrogen and oxygen atoms in total. The van der Waals surface area contributed by atoms with Gasteiger partial charge in [0.25, 0.3) is 5.91 Å². The van der Waals surface area contributed by atoms with Gasteiger partial charge in [-0.2, -0.15) is 0 Å². The van der Waals surface area contributed by atoms with Gasteiger partial charge in [-0.1, -0.05) is 6.07 Å². The Bertz CT molecular complexity index is 480. The number of methoxy groups -OCH3 is 1. The van der Waals surface area contributed by atoms with Gasteiger partial charge >= 0.3 is 0 Å². The molecule has 2 atom stereocenters. The van der Waals surface area contributed by atoms with Crippen molar-refractivity contribution in [2.24, 2.45) is 5.73 Å². The summed E-state index contributed by atoms with van der Waals surface area (Å²) in [5.74, 6) is -0.403. The molecule has 0 aliphatic carbocycles. The Hall–Kier alpha value is -1.63. The lowest BCUT2D eigenvalue weighted by molar-refractivity contribution is -0.124. The minimum Gasteiger partial charge on any atom is -0.372 e. The van der Waals surface area contributed by atoms with E-state index < -0.39 is 6.10 Å². The Balaban J connectivity index is 0.00000400. The van der Waals surface area contributed by atoms with Gasteiger partial charge in [0, 0.05) is 30.9 Å². The first-order chi connectivity index (χ1) is 9.42. The van der Waals surface area contributed by atoms with E-state index >= 15 is 0 Å². The molecule has 21 heavy (non-hydrogen) atoms. The van der Waals surface area contributed by atoms with E-state index in [1.54, 1.807) is 38.1 Å². The second kappa shape index (κ2) is 9.33. The summed E-state index contributed by atoms with van der Waals surface area (Å²) in [6, 6.07) is 6.71. The topological polar surface area (TPSA) is 93.5 Å². The molecule has 1 rings (SSSR count). The van der Waals surface area contributed by atoms with Crippen LogP contribution in [0.1, 0.15) is 20.3 Å². The number of nitrogens with two attached hydrogens (primary N) is 1. The molecule has 7 heteroatoms. The van der Waals surface area contributed by atoms with Crippen LogP contribution in [-0.2, 0) is 14.3 Å². The van der Waals surface area contributed by atoms with Crippen LogP contribution in [0.5, 0.6) is 0 Å². The zero-order valence-corrected chi connectivity index (χ0v) is 13.2. The third kappa shape index (κ3) is 7.08. The fraction of sp³-hybridized carbons (Fsp3) is 0.429. The number of carbonyl (C=O) groups excluding carboxylic acids is 2. The molecule has 0 aromatic heterocycles. The third-order valence-electron chi connectivity index (χ3n) is 2.64. The van der Waals surface area contributed by atoms with Crippen LogP contribution in [0, 0.1) is 0 Å². The zero-order valence-electron chi connectivity index (χ0n) is 12.4. The summed E-state index contributed by atoms with van der Waals surface area (Å²) in [6.45, 7) is 3.42. The number of anilines is 2. The van der Waals surface area contributed by atoms with Crippen molar-refractivity contribution in [3.8, 4) is 0 Å². The quantitative estimate of drug-likeness (QED) is 0.745. The minimum absolute atomic E-state index is 0. The third-order valence-corrected chi connectivity index (χ3v) is 2.64. The Morgan fingerprint density at radius 2 is 1.81 bits per heavy atom. The van der Waals surface area contributed by atoms with Crippen LogP contribution in [0.2, 0.25) is 0 Å². The van der Waals surface area contributed by atoms with E-state index in [0.29, 0.717) is 11.4 Å². The van der Waals surface area contributed by atoms with E-state index in [2.05, 4.69) is 10.6 Å². The summed E-state index contributed by atoms with van der Waals surface area (Å²) in [7, 11) is 1.47. The standard InChI is InChI=1S/C14H21N3O3.ClH/c1-9(15)7-13(18)16-11-5-4-6-12(8-11)17-14(19)10(2)20-3;/h4-6,8-10H,7,15H2,1-3H3,(H,16,18)(H,17,19);1H. The monoisotopic (exact) mass is 315 g/mol. The van der Waals surface area contributed by atoms with Gasteiger partial charge in [-0.05, 0) is 32.0 Å². The van der Waals surface area contributed by atoms with Crippen LogP contribution in [0.15, 0.2) is 24.3 Å². The van der Waals surface area contributed by atoms with Crippen molar-refractivity contribution in [1.82, 2.24) is 0 Å². The maximum absolute atomic E-state index is 11.7. The van der Waals surface area contributed by atoms with Gasteiger partial charge in [0.1, 0.15) is 6.10 Å². The van der Waals surface area contributed by atoms with Gasteiger partial charge in [-0.15, -0.1) is 12.4 Å². The summed E-state index contributed by atoms with van der Waals surface area (Å²) in [5.41, 5.74) is 6.76. The Kier molecular flexibility index (Phi) is 8.61. The largest absolute Gasteiger partial charge is 0.372 e. The molecule has 0 aliphatic heterocycles. The molecule has 0 aliphatic rings. The molecule has 0 fully saturated rings. The second-order valence-electron chi connectivity index (χ2n) is 4.68. The van der Waals surface area contributed by atoms with E-state index in [-0.39, 0.29) is 36.7 Å². The van der Waals surface area contributed by atoms with E-state index in [0.717, 1.165) is 0 Å². The average Bonchev–Trinajstić information content (AvgIpc) is 2.36. The highest BCUT2D eigenvalue weighted by atomic mass is 35.5. The van der Waals surface area contributed by atoms with Crippen LogP contribution in [-0.4, -0.2) is 31.1 Å². The van der Waals surface area contributed by atoms with Gasteiger partial charge in [0.05, 0.1) is 0 Å². The first-order valence-corrected chi connectivity index (χ1v) is 6.41. The lowest BCUT2D eigenvalue weighted by Crippen LogP contribution is -2.26. The predicted molar refractivity (Wildman–Crippen MR) is 85.7 cm³/mol. The SMILES string of the molecule is COC(C)C(=O)Nc1cccc(NC(=O)CC(C)N)c1.Cl. The van der Waals surface area contributed by atoms with Gasteiger partial charge in [0.15, 0.2) is 0 Å². The first-order valence-electron chi connectivity index (χ1n) is 6.41. The fourth-order valence-electron chi connectivity index (χ4n) is 1.53. The van der Waals surface area contributed by atoms with Crippen molar-refractivity contribution in [1.29, 1.82) is 0 Å². The first kappa shape index (κ1) is 19.4. The van der Waals surface area contributed by atoms with Crippen molar-refractivity contribution >= 4 is 35.6 Å². The number of ether oxygens (including phenoxy) is 1. The molecular formula is C14H22ClN3O3. The van der Waals surface area contributed by atoms with Crippen LogP contribution in [0.4, 0.5) is 11.4 Å². The molecule has 0 bridgehead atoms. The van der Waals surface area contributed by atoms with E-state index in [1.165, 1.54) is 7.11 Å². The number of amides is 2. The van der Waals surface area contributed by atoms with Gasteiger partial charge in [0.2, 0.25) is 5.91 Å². The van der Waals surface area contributed by atoms with Crippen molar-refractivity contribution in [3.05, 3.63) is 24.3 Å². The van der Waals surface area contributed by atoms with Crippen molar-refractivity contribution in [2.75, 3.05) is 17.7 Å². The number of rotatable bonds is 6. The normalized spacial score (nSPS) is 12.8. The van der Waals surface area contributed by atoms with Crippen molar-refractivity contribution in [2.45, 2.75) is 32.4 Å². The van der Waals surface area contributed by atoms with Gasteiger partial charge in [-0.25, -0.2) is 0 Å². The highest BCUT2D eigenvalue weighted by Gasteiger charge is 2.12. The lowest BCUT2D eigenvalue weighted by atomic mass is 10.2. The molecule has 2 amide bonds. The molecule has 0 saturated heterocycles. The average molecular weight is 316 g/mol. The van der Waals surface area contributed by atoms with Crippen molar-refractivity contribution < 1.29 is 14.3 Å². The highest BCUT2D eigenvalue weighted by Crippen LogP contribution is 2.16. The predicted octanol–water partition coefficient (Wildman–Crippen LogP) is 1.76. The summed E-state index contributed by atoms with van der Waals surface area (Å²) in [5, 5.41) is 5.44. The number of nitrogens with one attached hydrogen (secondary N) is 2. The molecule has 0 heterocycles. The number of benzene rings is 1.